The van der Waals surface area contributed by atoms with E-state index in [0.717, 1.165) is 5.56 Å². The molecular weight excluding hydrogens is 280 g/mol. The number of nitrogen functional groups attached to an aromatic ring is 1. The summed E-state index contributed by atoms with van der Waals surface area (Å²) in [6.45, 7) is 0. The Morgan fingerprint density at radius 3 is 2.41 bits per heavy atom. The average molecular weight is 298 g/mol. The fraction of sp³-hybridized carbons (Fsp3) is 0.118. The van der Waals surface area contributed by atoms with Gasteiger partial charge in [0.15, 0.2) is 0 Å². The van der Waals surface area contributed by atoms with Gasteiger partial charge in [0.05, 0.1) is 25.6 Å². The van der Waals surface area contributed by atoms with Gasteiger partial charge in [-0.25, -0.2) is 0 Å². The third kappa shape index (κ3) is 3.79. The van der Waals surface area contributed by atoms with E-state index >= 15 is 0 Å². The van der Waals surface area contributed by atoms with Crippen molar-refractivity contribution in [3.05, 3.63) is 54.1 Å². The van der Waals surface area contributed by atoms with Gasteiger partial charge in [0, 0.05) is 18.2 Å². The molecule has 114 valence electrons. The van der Waals surface area contributed by atoms with Gasteiger partial charge >= 0.3 is 0 Å². The van der Waals surface area contributed by atoms with E-state index < -0.39 is 0 Å². The number of nitrogens with two attached hydrogens (primary N) is 1. The molecule has 5 heteroatoms. The van der Waals surface area contributed by atoms with E-state index in [1.165, 1.54) is 20.3 Å². The minimum Gasteiger partial charge on any atom is -0.495 e. The van der Waals surface area contributed by atoms with Crippen LogP contribution < -0.4 is 20.5 Å². The number of anilines is 2. The van der Waals surface area contributed by atoms with Gasteiger partial charge in [0.25, 0.3) is 0 Å². The molecule has 5 nitrogen and oxygen atoms in total. The first kappa shape index (κ1) is 15.4. The SMILES string of the molecule is COc1cc(NC(=O)C=Cc2ccccc2)c(OC)cc1N. The number of rotatable bonds is 5. The van der Waals surface area contributed by atoms with E-state index in [4.69, 9.17) is 15.2 Å². The molecule has 0 saturated carbocycles. The fourth-order valence-corrected chi connectivity index (χ4v) is 1.93. The minimum absolute atomic E-state index is 0.269. The molecule has 22 heavy (non-hydrogen) atoms. The van der Waals surface area contributed by atoms with Crippen molar-refractivity contribution in [2.45, 2.75) is 0 Å². The monoisotopic (exact) mass is 298 g/mol. The maximum atomic E-state index is 12.0. The Labute approximate surface area is 129 Å². The summed E-state index contributed by atoms with van der Waals surface area (Å²) < 4.78 is 10.4. The lowest BCUT2D eigenvalue weighted by Crippen LogP contribution is -2.09. The molecule has 0 saturated heterocycles. The standard InChI is InChI=1S/C17H18N2O3/c1-21-15-11-14(16(22-2)10-13(15)18)19-17(20)9-8-12-6-4-3-5-7-12/h3-11H,18H2,1-2H3,(H,19,20). The molecule has 0 aliphatic rings. The van der Waals surface area contributed by atoms with Crippen LogP contribution in [0.5, 0.6) is 11.5 Å². The van der Waals surface area contributed by atoms with Crippen LogP contribution in [-0.4, -0.2) is 20.1 Å². The first-order chi connectivity index (χ1) is 10.6. The van der Waals surface area contributed by atoms with E-state index in [-0.39, 0.29) is 5.91 Å². The molecule has 0 radical (unpaired) electrons. The van der Waals surface area contributed by atoms with Crippen molar-refractivity contribution in [2.24, 2.45) is 0 Å². The van der Waals surface area contributed by atoms with Crippen LogP contribution in [-0.2, 0) is 4.79 Å². The molecule has 0 bridgehead atoms. The van der Waals surface area contributed by atoms with Gasteiger partial charge in [-0.3, -0.25) is 4.79 Å². The van der Waals surface area contributed by atoms with Crippen molar-refractivity contribution in [2.75, 3.05) is 25.3 Å². The molecule has 0 aliphatic heterocycles. The van der Waals surface area contributed by atoms with Crippen molar-refractivity contribution < 1.29 is 14.3 Å². The minimum atomic E-state index is -0.269. The topological polar surface area (TPSA) is 73.6 Å². The number of amides is 1. The lowest BCUT2D eigenvalue weighted by molar-refractivity contribution is -0.111. The summed E-state index contributed by atoms with van der Waals surface area (Å²) in [5.74, 6) is 0.678. The number of ether oxygens (including phenoxy) is 2. The highest BCUT2D eigenvalue weighted by atomic mass is 16.5. The third-order valence-corrected chi connectivity index (χ3v) is 3.04. The van der Waals surface area contributed by atoms with Gasteiger partial charge in [-0.2, -0.15) is 0 Å². The van der Waals surface area contributed by atoms with Crippen molar-refractivity contribution in [1.82, 2.24) is 0 Å². The summed E-state index contributed by atoms with van der Waals surface area (Å²) in [6.07, 6.45) is 3.19. The highest BCUT2D eigenvalue weighted by Gasteiger charge is 2.10. The largest absolute Gasteiger partial charge is 0.495 e. The Bertz CT molecular complexity index is 682. The summed E-state index contributed by atoms with van der Waals surface area (Å²) in [4.78, 5) is 12.0. The van der Waals surface area contributed by atoms with Crippen LogP contribution in [0.2, 0.25) is 0 Å². The van der Waals surface area contributed by atoms with Gasteiger partial charge in [-0.05, 0) is 11.6 Å². The molecule has 0 heterocycles. The molecule has 0 fully saturated rings. The second kappa shape index (κ2) is 7.17. The smallest absolute Gasteiger partial charge is 0.248 e. The number of carbonyl (C=O) groups excluding carboxylic acids is 1. The second-order valence-electron chi connectivity index (χ2n) is 4.53. The maximum Gasteiger partial charge on any atom is 0.248 e. The molecule has 0 aromatic heterocycles. The summed E-state index contributed by atoms with van der Waals surface area (Å²) in [6, 6.07) is 12.8. The number of hydrogen-bond donors (Lipinski definition) is 2. The number of benzene rings is 2. The van der Waals surface area contributed by atoms with E-state index in [2.05, 4.69) is 5.32 Å². The van der Waals surface area contributed by atoms with Crippen molar-refractivity contribution in [1.29, 1.82) is 0 Å². The van der Waals surface area contributed by atoms with Crippen LogP contribution in [0.1, 0.15) is 5.56 Å². The molecule has 2 rings (SSSR count). The Balaban J connectivity index is 2.16. The predicted octanol–water partition coefficient (Wildman–Crippen LogP) is 2.94. The van der Waals surface area contributed by atoms with Gasteiger partial charge in [0.1, 0.15) is 11.5 Å². The summed E-state index contributed by atoms with van der Waals surface area (Å²) in [5, 5.41) is 2.75. The van der Waals surface area contributed by atoms with Gasteiger partial charge in [0.2, 0.25) is 5.91 Å². The van der Waals surface area contributed by atoms with Crippen LogP contribution in [0, 0.1) is 0 Å². The van der Waals surface area contributed by atoms with Gasteiger partial charge in [-0.1, -0.05) is 30.3 Å². The fourth-order valence-electron chi connectivity index (χ4n) is 1.93. The molecule has 3 N–H and O–H groups in total. The molecule has 0 unspecified atom stereocenters. The van der Waals surface area contributed by atoms with Crippen LogP contribution in [0.4, 0.5) is 11.4 Å². The molecule has 0 atom stereocenters. The summed E-state index contributed by atoms with van der Waals surface area (Å²) in [5.41, 5.74) is 7.69. The Morgan fingerprint density at radius 2 is 1.77 bits per heavy atom. The summed E-state index contributed by atoms with van der Waals surface area (Å²) >= 11 is 0. The first-order valence-corrected chi connectivity index (χ1v) is 6.69. The first-order valence-electron chi connectivity index (χ1n) is 6.69. The van der Waals surface area contributed by atoms with Crippen LogP contribution >= 0.6 is 0 Å². The van der Waals surface area contributed by atoms with E-state index in [0.29, 0.717) is 22.9 Å². The number of carbonyl (C=O) groups is 1. The zero-order valence-electron chi connectivity index (χ0n) is 12.5. The average Bonchev–Trinajstić information content (AvgIpc) is 2.55. The van der Waals surface area contributed by atoms with Crippen LogP contribution in [0.25, 0.3) is 6.08 Å². The number of methoxy groups -OCH3 is 2. The van der Waals surface area contributed by atoms with Crippen LogP contribution in [0.15, 0.2) is 48.5 Å². The van der Waals surface area contributed by atoms with E-state index in [1.807, 2.05) is 30.3 Å². The van der Waals surface area contributed by atoms with E-state index in [9.17, 15) is 4.79 Å². The highest BCUT2D eigenvalue weighted by molar-refractivity contribution is 6.03. The molecule has 2 aromatic carbocycles. The molecule has 0 spiro atoms. The second-order valence-corrected chi connectivity index (χ2v) is 4.53. The molecular formula is C17H18N2O3. The highest BCUT2D eigenvalue weighted by Crippen LogP contribution is 2.34. The lowest BCUT2D eigenvalue weighted by Gasteiger charge is -2.12. The lowest BCUT2D eigenvalue weighted by atomic mass is 10.2. The van der Waals surface area contributed by atoms with Crippen molar-refractivity contribution >= 4 is 23.4 Å². The Kier molecular flexibility index (Phi) is 5.03. The molecule has 2 aromatic rings. The number of hydrogen-bond acceptors (Lipinski definition) is 4. The molecule has 0 aliphatic carbocycles. The molecule has 1 amide bonds. The zero-order chi connectivity index (χ0) is 15.9. The normalized spacial score (nSPS) is 10.5. The van der Waals surface area contributed by atoms with E-state index in [1.54, 1.807) is 18.2 Å². The number of nitrogens with one attached hydrogen (secondary N) is 1. The predicted molar refractivity (Wildman–Crippen MR) is 88.1 cm³/mol. The van der Waals surface area contributed by atoms with Crippen LogP contribution in [0.3, 0.4) is 0 Å². The third-order valence-electron chi connectivity index (χ3n) is 3.04. The quantitative estimate of drug-likeness (QED) is 0.657. The van der Waals surface area contributed by atoms with Crippen molar-refractivity contribution in [3.63, 3.8) is 0 Å². The van der Waals surface area contributed by atoms with Gasteiger partial charge in [-0.15, -0.1) is 0 Å². The Hall–Kier alpha value is -2.95. The Morgan fingerprint density at radius 1 is 1.09 bits per heavy atom. The zero-order valence-corrected chi connectivity index (χ0v) is 12.5. The maximum absolute atomic E-state index is 12.0. The van der Waals surface area contributed by atoms with Crippen molar-refractivity contribution in [3.8, 4) is 11.5 Å². The van der Waals surface area contributed by atoms with Gasteiger partial charge < -0.3 is 20.5 Å². The summed E-state index contributed by atoms with van der Waals surface area (Å²) in [7, 11) is 3.02.